The van der Waals surface area contributed by atoms with Gasteiger partial charge in [0.1, 0.15) is 0 Å². The van der Waals surface area contributed by atoms with E-state index in [1.54, 1.807) is 0 Å². The third kappa shape index (κ3) is 3.22. The molecule has 0 saturated heterocycles. The molecule has 0 aliphatic rings. The molecule has 0 radical (unpaired) electrons. The highest BCUT2D eigenvalue weighted by Crippen LogP contribution is 2.44. The summed E-state index contributed by atoms with van der Waals surface area (Å²) in [6.45, 7) is 0. The van der Waals surface area contributed by atoms with E-state index >= 15 is 4.39 Å². The van der Waals surface area contributed by atoms with Gasteiger partial charge in [-0.05, 0) is 0 Å². The minimum Gasteiger partial charge on any atom is -0.528 e. The van der Waals surface area contributed by atoms with Gasteiger partial charge in [-0.2, -0.15) is 8.78 Å². The molecule has 2 nitrogen and oxygen atoms in total. The summed E-state index contributed by atoms with van der Waals surface area (Å²) < 4.78 is 205. The van der Waals surface area contributed by atoms with Crippen molar-refractivity contribution in [2.24, 2.45) is 0 Å². The van der Waals surface area contributed by atoms with E-state index in [0.29, 0.717) is 0 Å². The highest BCUT2D eigenvalue weighted by Gasteiger charge is 2.40. The fraction of sp³-hybridized carbons (Fsp3) is 0. The summed E-state index contributed by atoms with van der Waals surface area (Å²) in [5.41, 5.74) is -2.06. The van der Waals surface area contributed by atoms with Crippen LogP contribution in [0.1, 0.15) is 0 Å². The molecule has 0 aromatic heterocycles. The Morgan fingerprint density at radius 2 is 0.615 bits per heavy atom. The normalized spacial score (nSPS) is 12.0. The van der Waals surface area contributed by atoms with Crippen LogP contribution in [0.5, 0.6) is 5.75 Å². The van der Waals surface area contributed by atoms with Gasteiger partial charge in [-0.25, -0.2) is 52.7 Å². The van der Waals surface area contributed by atoms with E-state index in [4.69, 9.17) is 0 Å². The monoisotopic (exact) mass is 574 g/mol. The molecule has 0 aliphatic heterocycles. The Morgan fingerprint density at radius 1 is 0.333 bits per heavy atom. The Kier molecular flexibility index (Phi) is 5.79. The molecule has 39 heavy (non-hydrogen) atoms. The third-order valence-electron chi connectivity index (χ3n) is 5.90. The van der Waals surface area contributed by atoms with Gasteiger partial charge in [-0.3, -0.25) is 0 Å². The highest BCUT2D eigenvalue weighted by molar-refractivity contribution is 6.64. The maximum atomic E-state index is 15.1. The van der Waals surface area contributed by atoms with E-state index in [9.17, 15) is 62.1 Å². The molecular formula is C22HBF14O2. The van der Waals surface area contributed by atoms with E-state index in [2.05, 4.69) is 4.65 Å². The summed E-state index contributed by atoms with van der Waals surface area (Å²) in [5.74, 6) is -38.9. The predicted molar refractivity (Wildman–Crippen MR) is 104 cm³/mol. The van der Waals surface area contributed by atoms with Gasteiger partial charge in [0.15, 0.2) is 58.1 Å². The minimum atomic E-state index is -3.51. The maximum Gasteiger partial charge on any atom is 0.564 e. The largest absolute Gasteiger partial charge is 0.564 e. The second-order valence-electron chi connectivity index (χ2n) is 7.86. The molecule has 0 spiro atoms. The van der Waals surface area contributed by atoms with Crippen molar-refractivity contribution >= 4 is 44.9 Å². The molecule has 1 N–H and O–H groups in total. The summed E-state index contributed by atoms with van der Waals surface area (Å²) in [6.07, 6.45) is 0. The van der Waals surface area contributed by atoms with Gasteiger partial charge in [0.2, 0.25) is 29.1 Å². The molecule has 0 saturated carbocycles. The summed E-state index contributed by atoms with van der Waals surface area (Å²) in [6, 6.07) is 0. The van der Waals surface area contributed by atoms with Crippen molar-refractivity contribution in [3.05, 3.63) is 81.4 Å². The lowest BCUT2D eigenvalue weighted by atomic mass is 9.73. The van der Waals surface area contributed by atoms with Crippen LogP contribution in [0.3, 0.4) is 0 Å². The van der Waals surface area contributed by atoms with Crippen LogP contribution < -0.4 is 10.1 Å². The quantitative estimate of drug-likeness (QED) is 0.0903. The van der Waals surface area contributed by atoms with Crippen LogP contribution in [0.15, 0.2) is 0 Å². The van der Waals surface area contributed by atoms with E-state index in [1.807, 2.05) is 0 Å². The van der Waals surface area contributed by atoms with Crippen molar-refractivity contribution in [3.63, 3.8) is 0 Å². The van der Waals surface area contributed by atoms with Gasteiger partial charge < -0.3 is 9.68 Å². The van der Waals surface area contributed by atoms with Crippen molar-refractivity contribution in [2.75, 3.05) is 0 Å². The predicted octanol–water partition coefficient (Wildman–Crippen LogP) is 6.30. The van der Waals surface area contributed by atoms with Gasteiger partial charge in [0.25, 0.3) is 0 Å². The van der Waals surface area contributed by atoms with Gasteiger partial charge >= 0.3 is 7.12 Å². The van der Waals surface area contributed by atoms with E-state index in [0.717, 1.165) is 0 Å². The van der Waals surface area contributed by atoms with Crippen molar-refractivity contribution in [3.8, 4) is 5.75 Å². The van der Waals surface area contributed by atoms with Gasteiger partial charge in [0.05, 0.1) is 16.2 Å². The van der Waals surface area contributed by atoms with E-state index in [1.165, 1.54) is 0 Å². The van der Waals surface area contributed by atoms with E-state index in [-0.39, 0.29) is 0 Å². The van der Waals surface area contributed by atoms with Gasteiger partial charge in [-0.15, -0.1) is 0 Å². The van der Waals surface area contributed by atoms with E-state index < -0.39 is 132 Å². The standard InChI is InChI=1S/C22HBF14O2/c24-8-3-1-2-5(9(8)25)13(29)16(32)14(30)6(2)11(27)10(26)4(1)12(28)15(31)7(3)23(38)39-22-20(36)18(34)17(33)19(35)21(22)37/h38H. The molecule has 5 rings (SSSR count). The Balaban J connectivity index is 1.97. The zero-order chi connectivity index (χ0) is 29.0. The molecule has 0 amide bonds. The number of rotatable bonds is 3. The Hall–Kier alpha value is -4.02. The topological polar surface area (TPSA) is 29.5 Å². The Morgan fingerprint density at radius 3 is 1.05 bits per heavy atom. The minimum absolute atomic E-state index is 1.60. The lowest BCUT2D eigenvalue weighted by molar-refractivity contribution is 0.332. The molecular weight excluding hydrogens is 573 g/mol. The first-order chi connectivity index (χ1) is 18.1. The van der Waals surface area contributed by atoms with Crippen LogP contribution in [-0.4, -0.2) is 12.1 Å². The lowest BCUT2D eigenvalue weighted by Crippen LogP contribution is -2.41. The molecule has 0 heterocycles. The number of hydrogen-bond donors (Lipinski definition) is 1. The Bertz CT molecular complexity index is 1850. The zero-order valence-corrected chi connectivity index (χ0v) is 17.7. The summed E-state index contributed by atoms with van der Waals surface area (Å²) in [7, 11) is -3.51. The first-order valence-electron chi connectivity index (χ1n) is 9.88. The summed E-state index contributed by atoms with van der Waals surface area (Å²) in [4.78, 5) is 0. The SMILES string of the molecule is OB(Oc1c(F)c(F)c(F)c(F)c1F)c1c(F)c(F)c2c(F)c(F)c3c(F)c(F)c(F)c4c(F)c(F)c1c2c34. The highest BCUT2D eigenvalue weighted by atomic mass is 19.2. The Labute approximate surface area is 204 Å². The molecule has 202 valence electrons. The van der Waals surface area contributed by atoms with Crippen LogP contribution in [0.25, 0.3) is 32.3 Å². The van der Waals surface area contributed by atoms with Crippen molar-refractivity contribution < 1.29 is 71.1 Å². The second-order valence-corrected chi connectivity index (χ2v) is 7.86. The summed E-state index contributed by atoms with van der Waals surface area (Å²) >= 11 is 0. The molecule has 0 atom stereocenters. The fourth-order valence-electron chi connectivity index (χ4n) is 4.24. The van der Waals surface area contributed by atoms with Crippen LogP contribution in [0.4, 0.5) is 61.5 Å². The third-order valence-corrected chi connectivity index (χ3v) is 5.90. The molecule has 0 fully saturated rings. The maximum absolute atomic E-state index is 15.1. The van der Waals surface area contributed by atoms with Crippen molar-refractivity contribution in [2.45, 2.75) is 0 Å². The van der Waals surface area contributed by atoms with Crippen LogP contribution in [0, 0.1) is 81.4 Å². The number of hydrogen-bond acceptors (Lipinski definition) is 2. The molecule has 5 aromatic carbocycles. The van der Waals surface area contributed by atoms with Crippen molar-refractivity contribution in [1.82, 2.24) is 0 Å². The van der Waals surface area contributed by atoms with Gasteiger partial charge in [0, 0.05) is 21.6 Å². The van der Waals surface area contributed by atoms with Crippen molar-refractivity contribution in [1.29, 1.82) is 0 Å². The average molecular weight is 574 g/mol. The smallest absolute Gasteiger partial charge is 0.528 e. The second kappa shape index (κ2) is 8.49. The lowest BCUT2D eigenvalue weighted by Gasteiger charge is -2.20. The van der Waals surface area contributed by atoms with Crippen LogP contribution >= 0.6 is 0 Å². The first-order valence-corrected chi connectivity index (χ1v) is 9.88. The zero-order valence-electron chi connectivity index (χ0n) is 17.7. The van der Waals surface area contributed by atoms with Crippen LogP contribution in [-0.2, 0) is 0 Å². The molecule has 0 aliphatic carbocycles. The molecule has 0 unspecified atom stereocenters. The molecule has 5 aromatic rings. The number of benzene rings is 5. The fourth-order valence-corrected chi connectivity index (χ4v) is 4.24. The first kappa shape index (κ1) is 26.6. The van der Waals surface area contributed by atoms with Gasteiger partial charge in [-0.1, -0.05) is 0 Å². The number of halogens is 14. The van der Waals surface area contributed by atoms with Crippen LogP contribution in [0.2, 0.25) is 0 Å². The molecule has 0 bridgehead atoms. The average Bonchev–Trinajstić information content (AvgIpc) is 2.90. The summed E-state index contributed by atoms with van der Waals surface area (Å²) in [5, 5.41) is -0.606. The molecule has 17 heteroatoms.